The lowest BCUT2D eigenvalue weighted by atomic mass is 9.79. The van der Waals surface area contributed by atoms with Crippen LogP contribution >= 0.6 is 15.9 Å². The molecule has 0 saturated heterocycles. The van der Waals surface area contributed by atoms with E-state index in [4.69, 9.17) is 24.5 Å². The first-order valence-corrected chi connectivity index (χ1v) is 25.5. The Bertz CT molecular complexity index is 1630. The number of nitrogens with zero attached hydrogens (tertiary/aromatic N) is 7. The number of pyridine rings is 1. The van der Waals surface area contributed by atoms with Gasteiger partial charge in [0.1, 0.15) is 19.2 Å². The van der Waals surface area contributed by atoms with Crippen LogP contribution in [0.25, 0.3) is 28.2 Å². The molecule has 6 rings (SSSR count). The standard InChI is InChI=1S/C35H52BrN7O2Si2/c1-41-13-12-31(40-41)30-11-10-27(21-37-30)29-22-38-43-34(29)39-33(28-19-25-8-9-26(18-25)20-28)32(36)35(43)42(23-44-14-16-46(2,3)4)24-45-15-17-47(5,6)7/h10-13,21-22,25-26,28H,8-9,14-20,23-24H2,1-7H3/t25-,26+,28?. The molecule has 4 aromatic heterocycles. The summed E-state index contributed by atoms with van der Waals surface area (Å²) in [6, 6.07) is 8.36. The van der Waals surface area contributed by atoms with Gasteiger partial charge in [0.05, 0.1) is 22.1 Å². The number of rotatable bonds is 14. The van der Waals surface area contributed by atoms with Gasteiger partial charge in [0.2, 0.25) is 0 Å². The van der Waals surface area contributed by atoms with Gasteiger partial charge in [-0.05, 0) is 71.2 Å². The predicted molar refractivity (Wildman–Crippen MR) is 199 cm³/mol. The van der Waals surface area contributed by atoms with Crippen molar-refractivity contribution in [3.8, 4) is 22.5 Å². The van der Waals surface area contributed by atoms with Crippen molar-refractivity contribution < 1.29 is 9.47 Å². The van der Waals surface area contributed by atoms with E-state index in [2.05, 4.69) is 71.3 Å². The summed E-state index contributed by atoms with van der Waals surface area (Å²) < 4.78 is 17.6. The van der Waals surface area contributed by atoms with Crippen LogP contribution in [0, 0.1) is 11.8 Å². The second kappa shape index (κ2) is 14.2. The topological polar surface area (TPSA) is 82.6 Å². The van der Waals surface area contributed by atoms with E-state index >= 15 is 0 Å². The van der Waals surface area contributed by atoms with Crippen molar-refractivity contribution in [3.63, 3.8) is 0 Å². The molecule has 2 bridgehead atoms. The third kappa shape index (κ3) is 8.44. The van der Waals surface area contributed by atoms with E-state index in [0.29, 0.717) is 19.4 Å². The second-order valence-corrected chi connectivity index (χ2v) is 28.2. The number of ether oxygens (including phenoxy) is 2. The third-order valence-corrected chi connectivity index (χ3v) is 13.9. The van der Waals surface area contributed by atoms with Crippen molar-refractivity contribution in [2.75, 3.05) is 31.6 Å². The highest BCUT2D eigenvalue weighted by Gasteiger charge is 2.37. The Morgan fingerprint density at radius 2 is 1.53 bits per heavy atom. The van der Waals surface area contributed by atoms with Crippen molar-refractivity contribution in [2.45, 2.75) is 89.4 Å². The average molecular weight is 739 g/mol. The molecule has 0 spiro atoms. The van der Waals surface area contributed by atoms with E-state index in [-0.39, 0.29) is 0 Å². The highest BCUT2D eigenvalue weighted by Crippen LogP contribution is 2.50. The van der Waals surface area contributed by atoms with Gasteiger partial charge >= 0.3 is 0 Å². The lowest BCUT2D eigenvalue weighted by molar-refractivity contribution is 0.0941. The molecule has 3 atom stereocenters. The van der Waals surface area contributed by atoms with Gasteiger partial charge in [-0.1, -0.05) is 58.2 Å². The molecular formula is C35H52BrN7O2Si2. The van der Waals surface area contributed by atoms with Gasteiger partial charge < -0.3 is 14.4 Å². The van der Waals surface area contributed by atoms with E-state index in [1.54, 1.807) is 4.68 Å². The molecule has 2 fully saturated rings. The Kier molecular flexibility index (Phi) is 10.4. The molecule has 2 aliphatic rings. The average Bonchev–Trinajstić information content (AvgIpc) is 3.73. The molecule has 0 N–H and O–H groups in total. The number of aromatic nitrogens is 6. The van der Waals surface area contributed by atoms with Gasteiger partial charge in [-0.2, -0.15) is 14.7 Å². The summed E-state index contributed by atoms with van der Waals surface area (Å²) in [5.41, 5.74) is 5.64. The first kappa shape index (κ1) is 34.5. The second-order valence-electron chi connectivity index (χ2n) is 16.2. The number of hydrogen-bond acceptors (Lipinski definition) is 7. The Morgan fingerprint density at radius 3 is 2.09 bits per heavy atom. The largest absolute Gasteiger partial charge is 0.361 e. The van der Waals surface area contributed by atoms with Crippen LogP contribution < -0.4 is 4.90 Å². The van der Waals surface area contributed by atoms with E-state index in [9.17, 15) is 0 Å². The lowest BCUT2D eigenvalue weighted by Gasteiger charge is -2.31. The molecule has 47 heavy (non-hydrogen) atoms. The fourth-order valence-corrected chi connectivity index (χ4v) is 9.32. The van der Waals surface area contributed by atoms with Crippen LogP contribution in [0.5, 0.6) is 0 Å². The van der Waals surface area contributed by atoms with Crippen molar-refractivity contribution >= 4 is 43.5 Å². The molecule has 254 valence electrons. The Morgan fingerprint density at radius 1 is 0.872 bits per heavy atom. The number of anilines is 1. The minimum absolute atomic E-state index is 0.411. The van der Waals surface area contributed by atoms with Gasteiger partial charge in [0, 0.05) is 65.8 Å². The minimum Gasteiger partial charge on any atom is -0.361 e. The molecule has 2 aliphatic carbocycles. The van der Waals surface area contributed by atoms with Crippen LogP contribution in [0.2, 0.25) is 51.4 Å². The van der Waals surface area contributed by atoms with Gasteiger partial charge in [0.25, 0.3) is 0 Å². The summed E-state index contributed by atoms with van der Waals surface area (Å²) in [7, 11) is -0.540. The lowest BCUT2D eigenvalue weighted by Crippen LogP contribution is -2.34. The number of halogens is 1. The van der Waals surface area contributed by atoms with Gasteiger partial charge in [-0.3, -0.25) is 9.67 Å². The SMILES string of the molecule is Cn1ccc(-c2ccc(-c3cnn4c(N(COCC[Si](C)(C)C)COCC[Si](C)(C)C)c(Br)c(C5C[C@H]6CC[C@@H](C5)C6)nc34)cn2)n1. The summed E-state index contributed by atoms with van der Waals surface area (Å²) in [5.74, 6) is 2.96. The van der Waals surface area contributed by atoms with Crippen molar-refractivity contribution in [2.24, 2.45) is 18.9 Å². The monoisotopic (exact) mass is 737 g/mol. The molecular weight excluding hydrogens is 687 g/mol. The maximum atomic E-state index is 6.40. The zero-order valence-electron chi connectivity index (χ0n) is 29.3. The summed E-state index contributed by atoms with van der Waals surface area (Å²) in [6.45, 7) is 16.7. The fraction of sp³-hybridized carbons (Fsp3) is 0.600. The predicted octanol–water partition coefficient (Wildman–Crippen LogP) is 8.68. The van der Waals surface area contributed by atoms with Gasteiger partial charge in [-0.15, -0.1) is 0 Å². The zero-order chi connectivity index (χ0) is 33.3. The van der Waals surface area contributed by atoms with Crippen LogP contribution in [0.1, 0.15) is 43.7 Å². The van der Waals surface area contributed by atoms with Gasteiger partial charge in [0.15, 0.2) is 11.5 Å². The summed E-state index contributed by atoms with van der Waals surface area (Å²) in [6.07, 6.45) is 12.2. The molecule has 4 aromatic rings. The van der Waals surface area contributed by atoms with Crippen molar-refractivity contribution in [1.29, 1.82) is 0 Å². The van der Waals surface area contributed by atoms with E-state index < -0.39 is 16.1 Å². The molecule has 9 nitrogen and oxygen atoms in total. The fourth-order valence-electron chi connectivity index (χ4n) is 6.98. The summed E-state index contributed by atoms with van der Waals surface area (Å²) in [5, 5.41) is 9.49. The Hall–Kier alpha value is -2.39. The summed E-state index contributed by atoms with van der Waals surface area (Å²) in [4.78, 5) is 12.4. The minimum atomic E-state index is -1.23. The first-order chi connectivity index (χ1) is 22.3. The molecule has 0 aromatic carbocycles. The van der Waals surface area contributed by atoms with Crippen LogP contribution in [-0.4, -0.2) is 72.2 Å². The van der Waals surface area contributed by atoms with E-state index in [1.807, 2.05) is 42.3 Å². The van der Waals surface area contributed by atoms with Gasteiger partial charge in [-0.25, -0.2) is 4.98 Å². The maximum Gasteiger partial charge on any atom is 0.165 e. The van der Waals surface area contributed by atoms with Crippen LogP contribution in [0.4, 0.5) is 5.82 Å². The zero-order valence-corrected chi connectivity index (χ0v) is 32.9. The molecule has 2 saturated carbocycles. The van der Waals surface area contributed by atoms with Crippen molar-refractivity contribution in [3.05, 3.63) is 47.0 Å². The van der Waals surface area contributed by atoms with Crippen molar-refractivity contribution in [1.82, 2.24) is 29.4 Å². The maximum absolute atomic E-state index is 6.40. The Balaban J connectivity index is 1.39. The number of aryl methyl sites for hydroxylation is 1. The number of hydrogen-bond donors (Lipinski definition) is 0. The van der Waals surface area contributed by atoms with E-state index in [1.165, 1.54) is 32.1 Å². The summed E-state index contributed by atoms with van der Waals surface area (Å²) >= 11 is 4.10. The van der Waals surface area contributed by atoms with Crippen LogP contribution in [-0.2, 0) is 16.5 Å². The third-order valence-electron chi connectivity index (χ3n) is 9.70. The quantitative estimate of drug-likeness (QED) is 0.0728. The molecule has 0 radical (unpaired) electrons. The molecule has 0 amide bonds. The smallest absolute Gasteiger partial charge is 0.165 e. The highest BCUT2D eigenvalue weighted by molar-refractivity contribution is 9.10. The Labute approximate surface area is 290 Å². The number of fused-ring (bicyclic) bond motifs is 3. The first-order valence-electron chi connectivity index (χ1n) is 17.3. The van der Waals surface area contributed by atoms with E-state index in [0.717, 1.165) is 81.3 Å². The van der Waals surface area contributed by atoms with Crippen LogP contribution in [0.3, 0.4) is 0 Å². The normalized spacial score (nSPS) is 20.0. The molecule has 4 heterocycles. The molecule has 12 heteroatoms. The van der Waals surface area contributed by atoms with Crippen LogP contribution in [0.15, 0.2) is 41.3 Å². The highest BCUT2D eigenvalue weighted by atomic mass is 79.9. The molecule has 0 aliphatic heterocycles. The molecule has 1 unspecified atom stereocenters.